The molecule has 1 aromatic heterocycles. The molecule has 0 fully saturated rings. The molecule has 0 atom stereocenters. The van der Waals surface area contributed by atoms with E-state index >= 15 is 0 Å². The third-order valence-electron chi connectivity index (χ3n) is 2.96. The fourth-order valence-corrected chi connectivity index (χ4v) is 3.09. The number of aryl methyl sites for hydroxylation is 1. The van der Waals surface area contributed by atoms with Crippen molar-refractivity contribution in [2.24, 2.45) is 0 Å². The quantitative estimate of drug-likeness (QED) is 0.906. The van der Waals surface area contributed by atoms with Crippen molar-refractivity contribution in [1.82, 2.24) is 9.97 Å². The third kappa shape index (κ3) is 2.69. The summed E-state index contributed by atoms with van der Waals surface area (Å²) in [5.74, 6) is 1.85. The number of thioether (sulfide) groups is 1. The molecule has 19 heavy (non-hydrogen) atoms. The van der Waals surface area contributed by atoms with Crippen molar-refractivity contribution in [3.63, 3.8) is 0 Å². The highest BCUT2D eigenvalue weighted by molar-refractivity contribution is 7.99. The summed E-state index contributed by atoms with van der Waals surface area (Å²) in [6.45, 7) is 0. The summed E-state index contributed by atoms with van der Waals surface area (Å²) in [5.41, 5.74) is 2.76. The van der Waals surface area contributed by atoms with Gasteiger partial charge in [0.1, 0.15) is 23.9 Å². The van der Waals surface area contributed by atoms with Crippen LogP contribution in [0.5, 0.6) is 0 Å². The zero-order valence-corrected chi connectivity index (χ0v) is 11.1. The monoisotopic (exact) mass is 268 g/mol. The van der Waals surface area contributed by atoms with Crippen LogP contribution in [0.25, 0.3) is 0 Å². The first-order chi connectivity index (χ1) is 9.35. The van der Waals surface area contributed by atoms with Crippen molar-refractivity contribution in [2.45, 2.75) is 17.7 Å². The Morgan fingerprint density at radius 2 is 2.21 bits per heavy atom. The number of rotatable bonds is 2. The SMILES string of the molecule is N#Cc1cc(Nc2ccc3c(c2)CCCS3)ncn1. The van der Waals surface area contributed by atoms with E-state index < -0.39 is 0 Å². The Hall–Kier alpha value is -2.06. The topological polar surface area (TPSA) is 61.6 Å². The Morgan fingerprint density at radius 3 is 3.11 bits per heavy atom. The van der Waals surface area contributed by atoms with Gasteiger partial charge in [-0.25, -0.2) is 9.97 Å². The Balaban J connectivity index is 1.85. The molecular weight excluding hydrogens is 256 g/mol. The lowest BCUT2D eigenvalue weighted by Gasteiger charge is -2.16. The molecular formula is C14H12N4S. The van der Waals surface area contributed by atoms with Gasteiger partial charge in [-0.2, -0.15) is 5.26 Å². The molecule has 0 saturated heterocycles. The van der Waals surface area contributed by atoms with Crippen molar-refractivity contribution >= 4 is 23.3 Å². The van der Waals surface area contributed by atoms with Crippen molar-refractivity contribution in [1.29, 1.82) is 5.26 Å². The van der Waals surface area contributed by atoms with Crippen LogP contribution in [0.2, 0.25) is 0 Å². The number of nitrogens with one attached hydrogen (secondary N) is 1. The van der Waals surface area contributed by atoms with Gasteiger partial charge in [0.25, 0.3) is 0 Å². The average molecular weight is 268 g/mol. The summed E-state index contributed by atoms with van der Waals surface area (Å²) >= 11 is 1.91. The van der Waals surface area contributed by atoms with Crippen molar-refractivity contribution in [3.05, 3.63) is 41.9 Å². The highest BCUT2D eigenvalue weighted by Crippen LogP contribution is 2.32. The molecule has 1 N–H and O–H groups in total. The van der Waals surface area contributed by atoms with E-state index in [1.165, 1.54) is 29.0 Å². The zero-order valence-electron chi connectivity index (χ0n) is 10.3. The van der Waals surface area contributed by atoms with Gasteiger partial charge in [0.2, 0.25) is 0 Å². The molecule has 3 rings (SSSR count). The summed E-state index contributed by atoms with van der Waals surface area (Å²) in [7, 11) is 0. The second-order valence-corrected chi connectivity index (χ2v) is 5.44. The average Bonchev–Trinajstić information content (AvgIpc) is 2.47. The van der Waals surface area contributed by atoms with Gasteiger partial charge in [-0.1, -0.05) is 0 Å². The molecule has 2 aromatic rings. The van der Waals surface area contributed by atoms with E-state index in [9.17, 15) is 0 Å². The zero-order chi connectivity index (χ0) is 13.1. The number of nitriles is 1. The molecule has 0 spiro atoms. The smallest absolute Gasteiger partial charge is 0.145 e. The molecule has 0 bridgehead atoms. The van der Waals surface area contributed by atoms with Gasteiger partial charge in [-0.05, 0) is 42.4 Å². The summed E-state index contributed by atoms with van der Waals surface area (Å²) in [6.07, 6.45) is 3.76. The Kier molecular flexibility index (Phi) is 3.34. The van der Waals surface area contributed by atoms with Crippen LogP contribution in [0.15, 0.2) is 35.5 Å². The van der Waals surface area contributed by atoms with E-state index in [1.807, 2.05) is 23.9 Å². The Labute approximate surface area is 115 Å². The minimum absolute atomic E-state index is 0.367. The van der Waals surface area contributed by atoms with Gasteiger partial charge in [0.05, 0.1) is 0 Å². The number of benzene rings is 1. The highest BCUT2D eigenvalue weighted by atomic mass is 32.2. The van der Waals surface area contributed by atoms with Crippen LogP contribution in [0.4, 0.5) is 11.5 Å². The molecule has 0 aliphatic carbocycles. The number of hydrogen-bond donors (Lipinski definition) is 1. The van der Waals surface area contributed by atoms with Gasteiger partial charge in [-0.15, -0.1) is 11.8 Å². The van der Waals surface area contributed by atoms with Gasteiger partial charge in [0, 0.05) is 16.6 Å². The van der Waals surface area contributed by atoms with E-state index in [0.29, 0.717) is 11.5 Å². The molecule has 0 radical (unpaired) electrons. The van der Waals surface area contributed by atoms with E-state index in [0.717, 1.165) is 12.1 Å². The van der Waals surface area contributed by atoms with Crippen LogP contribution in [0.3, 0.4) is 0 Å². The molecule has 2 heterocycles. The summed E-state index contributed by atoms with van der Waals surface area (Å²) in [6, 6.07) is 10.0. The normalized spacial score (nSPS) is 13.4. The number of aromatic nitrogens is 2. The molecule has 1 aliphatic heterocycles. The molecule has 1 aliphatic rings. The highest BCUT2D eigenvalue weighted by Gasteiger charge is 2.10. The molecule has 5 heteroatoms. The van der Waals surface area contributed by atoms with E-state index in [2.05, 4.69) is 27.4 Å². The van der Waals surface area contributed by atoms with E-state index in [-0.39, 0.29) is 0 Å². The largest absolute Gasteiger partial charge is 0.340 e. The first kappa shape index (κ1) is 12.0. The Morgan fingerprint density at radius 1 is 1.26 bits per heavy atom. The lowest BCUT2D eigenvalue weighted by molar-refractivity contribution is 0.890. The van der Waals surface area contributed by atoms with Gasteiger partial charge in [0.15, 0.2) is 0 Å². The molecule has 0 saturated carbocycles. The lowest BCUT2D eigenvalue weighted by atomic mass is 10.1. The van der Waals surface area contributed by atoms with Crippen molar-refractivity contribution in [2.75, 3.05) is 11.1 Å². The fourth-order valence-electron chi connectivity index (χ4n) is 2.07. The predicted molar refractivity (Wildman–Crippen MR) is 75.5 cm³/mol. The maximum Gasteiger partial charge on any atom is 0.145 e. The van der Waals surface area contributed by atoms with Crippen LogP contribution in [-0.4, -0.2) is 15.7 Å². The van der Waals surface area contributed by atoms with Crippen LogP contribution >= 0.6 is 11.8 Å². The first-order valence-corrected chi connectivity index (χ1v) is 7.08. The summed E-state index contributed by atoms with van der Waals surface area (Å²) in [5, 5.41) is 12.0. The van der Waals surface area contributed by atoms with Gasteiger partial charge < -0.3 is 5.32 Å². The number of hydrogen-bond acceptors (Lipinski definition) is 5. The van der Waals surface area contributed by atoms with Crippen LogP contribution < -0.4 is 5.32 Å². The Bertz CT molecular complexity index is 648. The minimum atomic E-state index is 0.367. The van der Waals surface area contributed by atoms with Crippen molar-refractivity contribution in [3.8, 4) is 6.07 Å². The maximum absolute atomic E-state index is 8.82. The molecule has 94 valence electrons. The number of nitrogens with zero attached hydrogens (tertiary/aromatic N) is 3. The van der Waals surface area contributed by atoms with Crippen molar-refractivity contribution < 1.29 is 0 Å². The standard InChI is InChI=1S/C14H12N4S/c15-8-12-7-14(17-9-16-12)18-11-3-4-13-10(6-11)2-1-5-19-13/h3-4,6-7,9H,1-2,5H2,(H,16,17,18). The first-order valence-electron chi connectivity index (χ1n) is 6.10. The fraction of sp³-hybridized carbons (Fsp3) is 0.214. The van der Waals surface area contributed by atoms with Crippen LogP contribution in [-0.2, 0) is 6.42 Å². The second kappa shape index (κ2) is 5.29. The van der Waals surface area contributed by atoms with Crippen LogP contribution in [0, 0.1) is 11.3 Å². The molecule has 4 nitrogen and oxygen atoms in total. The van der Waals surface area contributed by atoms with Gasteiger partial charge >= 0.3 is 0 Å². The predicted octanol–water partition coefficient (Wildman–Crippen LogP) is 3.13. The van der Waals surface area contributed by atoms with Gasteiger partial charge in [-0.3, -0.25) is 0 Å². The lowest BCUT2D eigenvalue weighted by Crippen LogP contribution is -2.01. The second-order valence-electron chi connectivity index (χ2n) is 4.30. The third-order valence-corrected chi connectivity index (χ3v) is 4.16. The molecule has 1 aromatic carbocycles. The summed E-state index contributed by atoms with van der Waals surface area (Å²) < 4.78 is 0. The molecule has 0 unspecified atom stereocenters. The number of fused-ring (bicyclic) bond motifs is 1. The minimum Gasteiger partial charge on any atom is -0.340 e. The van der Waals surface area contributed by atoms with E-state index in [1.54, 1.807) is 6.07 Å². The maximum atomic E-state index is 8.82. The molecule has 0 amide bonds. The van der Waals surface area contributed by atoms with E-state index in [4.69, 9.17) is 5.26 Å². The summed E-state index contributed by atoms with van der Waals surface area (Å²) in [4.78, 5) is 9.34. The number of anilines is 2. The van der Waals surface area contributed by atoms with Crippen LogP contribution in [0.1, 0.15) is 17.7 Å².